The Morgan fingerprint density at radius 2 is 2.00 bits per heavy atom. The lowest BCUT2D eigenvalue weighted by molar-refractivity contribution is -0.141. The fraction of sp³-hybridized carbons (Fsp3) is 0.250. The van der Waals surface area contributed by atoms with Crippen molar-refractivity contribution in [1.29, 1.82) is 0 Å². The van der Waals surface area contributed by atoms with E-state index in [1.54, 1.807) is 44.2 Å². The van der Waals surface area contributed by atoms with Crippen LogP contribution in [-0.2, 0) is 16.1 Å². The fourth-order valence-corrected chi connectivity index (χ4v) is 2.38. The number of halogens is 2. The lowest BCUT2D eigenvalue weighted by atomic mass is 10.2. The molecule has 0 amide bonds. The highest BCUT2D eigenvalue weighted by Crippen LogP contribution is 2.30. The highest BCUT2D eigenvalue weighted by atomic mass is 35.5. The van der Waals surface area contributed by atoms with Crippen LogP contribution in [0.4, 0.5) is 4.39 Å². The van der Waals surface area contributed by atoms with E-state index in [0.717, 1.165) is 5.56 Å². The van der Waals surface area contributed by atoms with Crippen molar-refractivity contribution in [2.75, 3.05) is 7.11 Å². The first-order chi connectivity index (χ1) is 12.4. The number of benzene rings is 2. The average Bonchev–Trinajstić information content (AvgIpc) is 2.59. The molecule has 0 saturated carbocycles. The number of ether oxygens (including phenoxy) is 3. The molecule has 4 nitrogen and oxygen atoms in total. The molecule has 2 aromatic rings. The van der Waals surface area contributed by atoms with Gasteiger partial charge >= 0.3 is 5.97 Å². The van der Waals surface area contributed by atoms with Crippen LogP contribution in [0.5, 0.6) is 11.5 Å². The Labute approximate surface area is 157 Å². The molecule has 0 heterocycles. The van der Waals surface area contributed by atoms with Crippen molar-refractivity contribution < 1.29 is 23.4 Å². The van der Waals surface area contributed by atoms with Gasteiger partial charge in [0.1, 0.15) is 12.4 Å². The van der Waals surface area contributed by atoms with E-state index in [0.29, 0.717) is 16.5 Å². The third-order valence-corrected chi connectivity index (χ3v) is 3.74. The van der Waals surface area contributed by atoms with Crippen LogP contribution in [-0.4, -0.2) is 19.2 Å². The predicted molar refractivity (Wildman–Crippen MR) is 99.0 cm³/mol. The van der Waals surface area contributed by atoms with Gasteiger partial charge in [0.05, 0.1) is 18.2 Å². The zero-order valence-electron chi connectivity index (χ0n) is 14.8. The highest BCUT2D eigenvalue weighted by Gasteiger charge is 2.10. The van der Waals surface area contributed by atoms with Gasteiger partial charge in [-0.05, 0) is 49.8 Å². The van der Waals surface area contributed by atoms with E-state index in [9.17, 15) is 9.18 Å². The van der Waals surface area contributed by atoms with Gasteiger partial charge in [-0.15, -0.1) is 0 Å². The Morgan fingerprint density at radius 1 is 1.23 bits per heavy atom. The van der Waals surface area contributed by atoms with Gasteiger partial charge in [-0.3, -0.25) is 0 Å². The second-order valence-corrected chi connectivity index (χ2v) is 6.13. The Balaban J connectivity index is 2.11. The summed E-state index contributed by atoms with van der Waals surface area (Å²) >= 11 is 6.00. The van der Waals surface area contributed by atoms with Gasteiger partial charge in [0, 0.05) is 11.6 Å². The first-order valence-corrected chi connectivity index (χ1v) is 8.41. The van der Waals surface area contributed by atoms with Crippen LogP contribution in [0, 0.1) is 5.82 Å². The van der Waals surface area contributed by atoms with Gasteiger partial charge in [-0.1, -0.05) is 23.7 Å². The number of hydrogen-bond donors (Lipinski definition) is 0. The molecule has 0 atom stereocenters. The van der Waals surface area contributed by atoms with Crippen molar-refractivity contribution in [3.63, 3.8) is 0 Å². The molecular formula is C20H20ClFO4. The normalized spacial score (nSPS) is 11.0. The molecule has 0 aliphatic rings. The maximum atomic E-state index is 13.8. The molecule has 2 rings (SSSR count). The van der Waals surface area contributed by atoms with E-state index in [4.69, 9.17) is 25.8 Å². The van der Waals surface area contributed by atoms with Crippen LogP contribution >= 0.6 is 11.6 Å². The summed E-state index contributed by atoms with van der Waals surface area (Å²) < 4.78 is 29.8. The summed E-state index contributed by atoms with van der Waals surface area (Å²) in [6.45, 7) is 3.53. The molecule has 0 spiro atoms. The van der Waals surface area contributed by atoms with Crippen LogP contribution in [0.15, 0.2) is 42.5 Å². The molecule has 2 aromatic carbocycles. The summed E-state index contributed by atoms with van der Waals surface area (Å²) in [4.78, 5) is 11.6. The molecule has 0 unspecified atom stereocenters. The van der Waals surface area contributed by atoms with E-state index >= 15 is 0 Å². The van der Waals surface area contributed by atoms with Crippen molar-refractivity contribution in [3.8, 4) is 11.5 Å². The molecule has 26 heavy (non-hydrogen) atoms. The molecule has 138 valence electrons. The standard InChI is InChI=1S/C20H20ClFO4/c1-13(2)26-20(23)10-8-14-7-9-18(19(11-14)24-3)25-12-15-16(21)5-4-6-17(15)22/h4-11,13H,12H2,1-3H3/b10-8+. The van der Waals surface area contributed by atoms with Gasteiger partial charge in [0.2, 0.25) is 0 Å². The number of hydrogen-bond acceptors (Lipinski definition) is 4. The van der Waals surface area contributed by atoms with E-state index in [1.807, 2.05) is 0 Å². The summed E-state index contributed by atoms with van der Waals surface area (Å²) in [7, 11) is 1.50. The van der Waals surface area contributed by atoms with E-state index in [-0.39, 0.29) is 18.3 Å². The molecule has 0 N–H and O–H groups in total. The molecule has 0 aromatic heterocycles. The van der Waals surface area contributed by atoms with Crippen LogP contribution < -0.4 is 9.47 Å². The number of rotatable bonds is 7. The van der Waals surface area contributed by atoms with Gasteiger partial charge < -0.3 is 14.2 Å². The molecule has 0 saturated heterocycles. The lowest BCUT2D eigenvalue weighted by Crippen LogP contribution is -2.08. The van der Waals surface area contributed by atoms with Gasteiger partial charge in [-0.2, -0.15) is 0 Å². The van der Waals surface area contributed by atoms with Gasteiger partial charge in [0.15, 0.2) is 11.5 Å². The fourth-order valence-electron chi connectivity index (χ4n) is 2.16. The van der Waals surface area contributed by atoms with Crippen molar-refractivity contribution in [3.05, 3.63) is 64.4 Å². The number of carbonyl (C=O) groups excluding carboxylic acids is 1. The zero-order valence-corrected chi connectivity index (χ0v) is 15.5. The summed E-state index contributed by atoms with van der Waals surface area (Å²) in [5.74, 6) is 0.0405. The predicted octanol–water partition coefficient (Wildman–Crippen LogP) is 5.03. The minimum absolute atomic E-state index is 0.0300. The van der Waals surface area contributed by atoms with Crippen LogP contribution in [0.25, 0.3) is 6.08 Å². The average molecular weight is 379 g/mol. The summed E-state index contributed by atoms with van der Waals surface area (Å²) in [5, 5.41) is 0.298. The topological polar surface area (TPSA) is 44.8 Å². The highest BCUT2D eigenvalue weighted by molar-refractivity contribution is 6.31. The second-order valence-electron chi connectivity index (χ2n) is 5.72. The second kappa shape index (κ2) is 9.25. The number of methoxy groups -OCH3 is 1. The van der Waals surface area contributed by atoms with E-state index in [2.05, 4.69) is 0 Å². The van der Waals surface area contributed by atoms with Crippen molar-refractivity contribution in [2.45, 2.75) is 26.6 Å². The molecule has 6 heteroatoms. The van der Waals surface area contributed by atoms with Crippen LogP contribution in [0.1, 0.15) is 25.0 Å². The minimum atomic E-state index is -0.431. The van der Waals surface area contributed by atoms with Crippen molar-refractivity contribution in [2.24, 2.45) is 0 Å². The SMILES string of the molecule is COc1cc(/C=C/C(=O)OC(C)C)ccc1OCc1c(F)cccc1Cl. The molecule has 0 bridgehead atoms. The Hall–Kier alpha value is -2.53. The lowest BCUT2D eigenvalue weighted by Gasteiger charge is -2.12. The van der Waals surface area contributed by atoms with Crippen molar-refractivity contribution in [1.82, 2.24) is 0 Å². The molecule has 0 fully saturated rings. The molecule has 0 aliphatic carbocycles. The van der Waals surface area contributed by atoms with Gasteiger partial charge in [-0.25, -0.2) is 9.18 Å². The van der Waals surface area contributed by atoms with Crippen LogP contribution in [0.3, 0.4) is 0 Å². The quantitative estimate of drug-likeness (QED) is 0.500. The first kappa shape index (κ1) is 19.8. The van der Waals surface area contributed by atoms with Crippen molar-refractivity contribution >= 4 is 23.6 Å². The summed E-state index contributed by atoms with van der Waals surface area (Å²) in [6, 6.07) is 9.60. The van der Waals surface area contributed by atoms with E-state index < -0.39 is 11.8 Å². The monoisotopic (exact) mass is 378 g/mol. The first-order valence-electron chi connectivity index (χ1n) is 8.03. The number of esters is 1. The molecular weight excluding hydrogens is 359 g/mol. The maximum absolute atomic E-state index is 13.8. The maximum Gasteiger partial charge on any atom is 0.331 e. The van der Waals surface area contributed by atoms with E-state index in [1.165, 1.54) is 25.3 Å². The van der Waals surface area contributed by atoms with Gasteiger partial charge in [0.25, 0.3) is 0 Å². The smallest absolute Gasteiger partial charge is 0.331 e. The number of carbonyl (C=O) groups is 1. The third kappa shape index (κ3) is 5.49. The summed E-state index contributed by atoms with van der Waals surface area (Å²) in [6.07, 6.45) is 2.78. The van der Waals surface area contributed by atoms with Crippen LogP contribution in [0.2, 0.25) is 5.02 Å². The largest absolute Gasteiger partial charge is 0.493 e. The Bertz CT molecular complexity index is 782. The third-order valence-electron chi connectivity index (χ3n) is 3.39. The minimum Gasteiger partial charge on any atom is -0.493 e. The molecule has 0 radical (unpaired) electrons. The Morgan fingerprint density at radius 3 is 2.65 bits per heavy atom. The zero-order chi connectivity index (χ0) is 19.1. The Kier molecular flexibility index (Phi) is 7.04. The summed E-state index contributed by atoms with van der Waals surface area (Å²) in [5.41, 5.74) is 1.01. The molecule has 0 aliphatic heterocycles.